The molecule has 0 saturated carbocycles. The van der Waals surface area contributed by atoms with Crippen molar-refractivity contribution in [3.05, 3.63) is 54.0 Å². The van der Waals surface area contributed by atoms with Crippen molar-refractivity contribution in [3.63, 3.8) is 0 Å². The van der Waals surface area contributed by atoms with Crippen LogP contribution < -0.4 is 10.1 Å². The normalized spacial score (nSPS) is 20.1. The van der Waals surface area contributed by atoms with Crippen molar-refractivity contribution in [2.24, 2.45) is 0 Å². The zero-order valence-electron chi connectivity index (χ0n) is 15.8. The summed E-state index contributed by atoms with van der Waals surface area (Å²) in [6, 6.07) is 12.2. The van der Waals surface area contributed by atoms with E-state index in [-0.39, 0.29) is 18.2 Å². The molecule has 6 heteroatoms. The molecule has 1 atom stereocenters. The van der Waals surface area contributed by atoms with Gasteiger partial charge in [0.25, 0.3) is 0 Å². The first-order valence-electron chi connectivity index (χ1n) is 9.68. The van der Waals surface area contributed by atoms with Gasteiger partial charge in [-0.25, -0.2) is 4.79 Å². The van der Waals surface area contributed by atoms with Gasteiger partial charge in [-0.1, -0.05) is 18.2 Å². The first-order valence-corrected chi connectivity index (χ1v) is 9.68. The number of furan rings is 1. The summed E-state index contributed by atoms with van der Waals surface area (Å²) in [5.74, 6) is 1.94. The van der Waals surface area contributed by atoms with Gasteiger partial charge in [0, 0.05) is 32.6 Å². The molecule has 4 rings (SSSR count). The Balaban J connectivity index is 1.19. The number of para-hydroxylation sites is 1. The van der Waals surface area contributed by atoms with Crippen molar-refractivity contribution in [3.8, 4) is 5.75 Å². The summed E-state index contributed by atoms with van der Waals surface area (Å²) in [4.78, 5) is 16.7. The lowest BCUT2D eigenvalue weighted by atomic mass is 10.1. The maximum Gasteiger partial charge on any atom is 0.317 e. The van der Waals surface area contributed by atoms with Crippen LogP contribution in [0.25, 0.3) is 0 Å². The summed E-state index contributed by atoms with van der Waals surface area (Å²) < 4.78 is 11.4. The second-order valence-corrected chi connectivity index (χ2v) is 7.51. The third-order valence-corrected chi connectivity index (χ3v) is 5.41. The number of hydrogen-bond acceptors (Lipinski definition) is 4. The van der Waals surface area contributed by atoms with Gasteiger partial charge in [0.1, 0.15) is 17.6 Å². The second kappa shape index (κ2) is 8.05. The van der Waals surface area contributed by atoms with Crippen molar-refractivity contribution in [1.29, 1.82) is 0 Å². The number of rotatable bonds is 5. The third-order valence-electron chi connectivity index (χ3n) is 5.41. The third kappa shape index (κ3) is 4.45. The highest BCUT2D eigenvalue weighted by Crippen LogP contribution is 2.28. The van der Waals surface area contributed by atoms with Crippen molar-refractivity contribution >= 4 is 6.03 Å². The fourth-order valence-electron chi connectivity index (χ4n) is 3.89. The number of likely N-dealkylation sites (N-methyl/N-ethyl adjacent to an activating group) is 1. The molecule has 1 N–H and O–H groups in total. The fraction of sp³-hybridized carbons (Fsp3) is 0.476. The highest BCUT2D eigenvalue weighted by atomic mass is 16.5. The Kier molecular flexibility index (Phi) is 5.34. The van der Waals surface area contributed by atoms with Crippen LogP contribution in [0, 0.1) is 0 Å². The Labute approximate surface area is 160 Å². The lowest BCUT2D eigenvalue weighted by molar-refractivity contribution is 0.150. The van der Waals surface area contributed by atoms with Crippen LogP contribution in [0.5, 0.6) is 5.75 Å². The molecule has 1 saturated heterocycles. The lowest BCUT2D eigenvalue weighted by Crippen LogP contribution is -2.49. The summed E-state index contributed by atoms with van der Waals surface area (Å²) in [7, 11) is 1.84. The van der Waals surface area contributed by atoms with Crippen LogP contribution >= 0.6 is 0 Å². The molecule has 0 bridgehead atoms. The number of benzene rings is 1. The van der Waals surface area contributed by atoms with E-state index in [1.807, 2.05) is 37.4 Å². The van der Waals surface area contributed by atoms with Gasteiger partial charge in [-0.15, -0.1) is 0 Å². The van der Waals surface area contributed by atoms with E-state index < -0.39 is 0 Å². The Morgan fingerprint density at radius 3 is 2.78 bits per heavy atom. The molecule has 3 heterocycles. The maximum atomic E-state index is 12.5. The fourth-order valence-corrected chi connectivity index (χ4v) is 3.89. The topological polar surface area (TPSA) is 58.0 Å². The van der Waals surface area contributed by atoms with Crippen LogP contribution in [0.15, 0.2) is 47.1 Å². The molecule has 2 aromatic rings. The number of carbonyl (C=O) groups is 1. The van der Waals surface area contributed by atoms with Crippen LogP contribution in [0.4, 0.5) is 4.79 Å². The molecule has 0 radical (unpaired) electrons. The average Bonchev–Trinajstić information content (AvgIpc) is 3.32. The molecular weight excluding hydrogens is 342 g/mol. The number of amides is 2. The highest BCUT2D eigenvalue weighted by molar-refractivity contribution is 5.74. The van der Waals surface area contributed by atoms with Crippen molar-refractivity contribution < 1.29 is 13.9 Å². The molecular formula is C21H27N3O3. The van der Waals surface area contributed by atoms with Gasteiger partial charge in [-0.3, -0.25) is 4.90 Å². The van der Waals surface area contributed by atoms with Crippen LogP contribution in [0.1, 0.15) is 24.2 Å². The number of carbonyl (C=O) groups excluding carboxylic acids is 1. The van der Waals surface area contributed by atoms with Crippen molar-refractivity contribution in [2.75, 3.05) is 26.7 Å². The Morgan fingerprint density at radius 1 is 1.22 bits per heavy atom. The molecule has 0 unspecified atom stereocenters. The van der Waals surface area contributed by atoms with E-state index in [9.17, 15) is 4.79 Å². The molecule has 2 aliphatic rings. The number of likely N-dealkylation sites (tertiary alicyclic amines) is 1. The quantitative estimate of drug-likeness (QED) is 0.880. The van der Waals surface area contributed by atoms with Crippen LogP contribution in [-0.2, 0) is 13.0 Å². The van der Waals surface area contributed by atoms with Crippen LogP contribution in [0.2, 0.25) is 0 Å². The molecule has 1 fully saturated rings. The van der Waals surface area contributed by atoms with Gasteiger partial charge in [0.05, 0.1) is 19.4 Å². The van der Waals surface area contributed by atoms with E-state index in [1.54, 1.807) is 11.2 Å². The number of fused-ring (bicyclic) bond motifs is 1. The lowest BCUT2D eigenvalue weighted by Gasteiger charge is -2.33. The summed E-state index contributed by atoms with van der Waals surface area (Å²) in [6.07, 6.45) is 4.54. The molecule has 1 aromatic heterocycles. The van der Waals surface area contributed by atoms with Crippen molar-refractivity contribution in [2.45, 2.75) is 38.0 Å². The van der Waals surface area contributed by atoms with Crippen LogP contribution in [0.3, 0.4) is 0 Å². The molecule has 6 nitrogen and oxygen atoms in total. The van der Waals surface area contributed by atoms with Crippen LogP contribution in [-0.4, -0.2) is 54.7 Å². The Hall–Kier alpha value is -2.47. The number of ether oxygens (including phenoxy) is 1. The van der Waals surface area contributed by atoms with E-state index in [1.165, 1.54) is 5.56 Å². The maximum absolute atomic E-state index is 12.5. The Morgan fingerprint density at radius 2 is 2.04 bits per heavy atom. The highest BCUT2D eigenvalue weighted by Gasteiger charge is 2.27. The first kappa shape index (κ1) is 17.9. The van der Waals surface area contributed by atoms with E-state index >= 15 is 0 Å². The Bertz CT molecular complexity index is 729. The van der Waals surface area contributed by atoms with Gasteiger partial charge >= 0.3 is 6.03 Å². The summed E-state index contributed by atoms with van der Waals surface area (Å²) in [5, 5.41) is 3.17. The summed E-state index contributed by atoms with van der Waals surface area (Å²) >= 11 is 0. The predicted molar refractivity (Wildman–Crippen MR) is 103 cm³/mol. The van der Waals surface area contributed by atoms with Gasteiger partial charge < -0.3 is 19.4 Å². The minimum absolute atomic E-state index is 0.0148. The smallest absolute Gasteiger partial charge is 0.317 e. The SMILES string of the molecule is CN(C[C@H]1Cc2ccccc2O1)C(=O)NC1CCN(Cc2ccco2)CC1. The van der Waals surface area contributed by atoms with E-state index in [0.29, 0.717) is 6.54 Å². The van der Waals surface area contributed by atoms with Gasteiger partial charge in [0.2, 0.25) is 0 Å². The largest absolute Gasteiger partial charge is 0.488 e. The predicted octanol–water partition coefficient (Wildman–Crippen LogP) is 2.89. The molecule has 2 amide bonds. The number of nitrogens with one attached hydrogen (secondary N) is 1. The van der Waals surface area contributed by atoms with E-state index in [0.717, 1.165) is 50.4 Å². The summed E-state index contributed by atoms with van der Waals surface area (Å²) in [5.41, 5.74) is 1.22. The molecule has 27 heavy (non-hydrogen) atoms. The number of hydrogen-bond donors (Lipinski definition) is 1. The van der Waals surface area contributed by atoms with Gasteiger partial charge in [-0.2, -0.15) is 0 Å². The molecule has 0 spiro atoms. The van der Waals surface area contributed by atoms with E-state index in [4.69, 9.17) is 9.15 Å². The molecule has 2 aliphatic heterocycles. The standard InChI is InChI=1S/C21H27N3O3/c1-23(14-19-13-16-5-2-3-7-20(16)27-19)21(25)22-17-8-10-24(11-9-17)15-18-6-4-12-26-18/h2-7,12,17,19H,8-11,13-15H2,1H3,(H,22,25)/t19-/m1/s1. The minimum atomic E-state index is -0.0148. The summed E-state index contributed by atoms with van der Waals surface area (Å²) in [6.45, 7) is 3.37. The first-order chi connectivity index (χ1) is 13.2. The molecule has 144 valence electrons. The zero-order chi connectivity index (χ0) is 18.6. The average molecular weight is 369 g/mol. The monoisotopic (exact) mass is 369 g/mol. The number of piperidine rings is 1. The van der Waals surface area contributed by atoms with Gasteiger partial charge in [0.15, 0.2) is 0 Å². The number of nitrogens with zero attached hydrogens (tertiary/aromatic N) is 2. The van der Waals surface area contributed by atoms with E-state index in [2.05, 4.69) is 16.3 Å². The zero-order valence-corrected chi connectivity index (χ0v) is 15.8. The molecule has 1 aromatic carbocycles. The van der Waals surface area contributed by atoms with Crippen molar-refractivity contribution in [1.82, 2.24) is 15.1 Å². The molecule has 0 aliphatic carbocycles. The second-order valence-electron chi connectivity index (χ2n) is 7.51. The minimum Gasteiger partial charge on any atom is -0.488 e. The van der Waals surface area contributed by atoms with Gasteiger partial charge in [-0.05, 0) is 36.6 Å². The number of urea groups is 1.